The first-order chi connectivity index (χ1) is 9.65. The molecule has 106 valence electrons. The van der Waals surface area contributed by atoms with Crippen LogP contribution in [0, 0.1) is 0 Å². The molecule has 2 nitrogen and oxygen atoms in total. The van der Waals surface area contributed by atoms with E-state index in [9.17, 15) is 5.11 Å². The Balaban J connectivity index is 2.21. The molecule has 0 radical (unpaired) electrons. The summed E-state index contributed by atoms with van der Waals surface area (Å²) in [5.74, 6) is 0.763. The fraction of sp³-hybridized carbons (Fsp3) is 0.294. The van der Waals surface area contributed by atoms with Crippen LogP contribution >= 0.6 is 15.9 Å². The molecule has 0 saturated heterocycles. The van der Waals surface area contributed by atoms with E-state index in [1.807, 2.05) is 30.3 Å². The van der Waals surface area contributed by atoms with Crippen LogP contribution in [0.25, 0.3) is 0 Å². The maximum absolute atomic E-state index is 10.4. The Labute approximate surface area is 128 Å². The Bertz CT molecular complexity index is 564. The van der Waals surface area contributed by atoms with Gasteiger partial charge in [0.1, 0.15) is 11.9 Å². The molecule has 1 unspecified atom stereocenters. The minimum atomic E-state index is -0.618. The Morgan fingerprint density at radius 3 is 2.30 bits per heavy atom. The summed E-state index contributed by atoms with van der Waals surface area (Å²) >= 11 is 3.44. The topological polar surface area (TPSA) is 29.5 Å². The van der Waals surface area contributed by atoms with Gasteiger partial charge in [-0.05, 0) is 51.2 Å². The third-order valence-corrected chi connectivity index (χ3v) is 3.95. The first kappa shape index (κ1) is 15.1. The summed E-state index contributed by atoms with van der Waals surface area (Å²) in [5.41, 5.74) is 3.06. The van der Waals surface area contributed by atoms with Crippen LogP contribution in [0.3, 0.4) is 0 Å². The molecule has 1 N–H and O–H groups in total. The molecule has 0 amide bonds. The van der Waals surface area contributed by atoms with E-state index in [2.05, 4.69) is 35.0 Å². The number of aryl methyl sites for hydroxylation is 1. The van der Waals surface area contributed by atoms with Crippen LogP contribution < -0.4 is 4.74 Å². The van der Waals surface area contributed by atoms with E-state index in [0.29, 0.717) is 0 Å². The zero-order valence-electron chi connectivity index (χ0n) is 11.8. The van der Waals surface area contributed by atoms with Crippen molar-refractivity contribution in [1.82, 2.24) is 0 Å². The summed E-state index contributed by atoms with van der Waals surface area (Å²) in [6.07, 6.45) is 1.59. The van der Waals surface area contributed by atoms with E-state index in [4.69, 9.17) is 4.74 Å². The van der Waals surface area contributed by atoms with Gasteiger partial charge in [0.2, 0.25) is 0 Å². The molecule has 0 saturated carbocycles. The zero-order chi connectivity index (χ0) is 14.5. The van der Waals surface area contributed by atoms with Gasteiger partial charge < -0.3 is 9.84 Å². The molecule has 0 aliphatic rings. The molecule has 0 bridgehead atoms. The number of halogens is 1. The highest BCUT2D eigenvalue weighted by atomic mass is 79.9. The lowest BCUT2D eigenvalue weighted by Gasteiger charge is -2.14. The van der Waals surface area contributed by atoms with Crippen LogP contribution in [0.1, 0.15) is 36.1 Å². The number of benzene rings is 2. The van der Waals surface area contributed by atoms with Gasteiger partial charge in [-0.1, -0.05) is 43.7 Å². The second kappa shape index (κ2) is 6.91. The van der Waals surface area contributed by atoms with Crippen molar-refractivity contribution in [3.8, 4) is 5.75 Å². The van der Waals surface area contributed by atoms with Crippen molar-refractivity contribution in [1.29, 1.82) is 0 Å². The maximum atomic E-state index is 10.4. The molecular formula is C17H19BrO2. The van der Waals surface area contributed by atoms with Gasteiger partial charge in [-0.2, -0.15) is 0 Å². The predicted molar refractivity (Wildman–Crippen MR) is 85.2 cm³/mol. The lowest BCUT2D eigenvalue weighted by Crippen LogP contribution is -2.00. The van der Waals surface area contributed by atoms with Crippen LogP contribution in [0.15, 0.2) is 46.9 Å². The van der Waals surface area contributed by atoms with Gasteiger partial charge in [-0.25, -0.2) is 0 Å². The molecule has 2 aromatic rings. The van der Waals surface area contributed by atoms with Crippen LogP contribution in [0.2, 0.25) is 0 Å². The molecule has 0 aliphatic carbocycles. The Hall–Kier alpha value is -1.32. The minimum Gasteiger partial charge on any atom is -0.496 e. The molecule has 0 aliphatic heterocycles. The lowest BCUT2D eigenvalue weighted by atomic mass is 9.99. The largest absolute Gasteiger partial charge is 0.496 e. The van der Waals surface area contributed by atoms with Gasteiger partial charge in [0, 0.05) is 0 Å². The SMILES string of the molecule is CCCc1ccc(C(O)c2ccc(OC)c(Br)c2)cc1. The van der Waals surface area contributed by atoms with Crippen LogP contribution in [0.4, 0.5) is 0 Å². The van der Waals surface area contributed by atoms with Crippen LogP contribution in [0.5, 0.6) is 5.75 Å². The molecule has 2 aromatic carbocycles. The van der Waals surface area contributed by atoms with E-state index >= 15 is 0 Å². The van der Waals surface area contributed by atoms with Crippen molar-refractivity contribution < 1.29 is 9.84 Å². The van der Waals surface area contributed by atoms with E-state index in [-0.39, 0.29) is 0 Å². The molecule has 0 heterocycles. The lowest BCUT2D eigenvalue weighted by molar-refractivity contribution is 0.220. The summed E-state index contributed by atoms with van der Waals surface area (Å²) in [7, 11) is 1.63. The number of rotatable bonds is 5. The smallest absolute Gasteiger partial charge is 0.133 e. The molecule has 1 atom stereocenters. The van der Waals surface area contributed by atoms with Crippen LogP contribution in [-0.2, 0) is 6.42 Å². The highest BCUT2D eigenvalue weighted by molar-refractivity contribution is 9.10. The second-order valence-corrected chi connectivity index (χ2v) is 5.64. The van der Waals surface area contributed by atoms with Gasteiger partial charge >= 0.3 is 0 Å². The van der Waals surface area contributed by atoms with E-state index in [1.165, 1.54) is 5.56 Å². The molecule has 0 spiro atoms. The fourth-order valence-corrected chi connectivity index (χ4v) is 2.76. The van der Waals surface area contributed by atoms with E-state index < -0.39 is 6.10 Å². The summed E-state index contributed by atoms with van der Waals surface area (Å²) in [6.45, 7) is 2.16. The molecule has 20 heavy (non-hydrogen) atoms. The van der Waals surface area contributed by atoms with Crippen molar-refractivity contribution in [3.63, 3.8) is 0 Å². The van der Waals surface area contributed by atoms with E-state index in [0.717, 1.165) is 34.2 Å². The predicted octanol–water partition coefficient (Wildman–Crippen LogP) is 4.49. The van der Waals surface area contributed by atoms with Gasteiger partial charge in [0.05, 0.1) is 11.6 Å². The normalized spacial score (nSPS) is 12.2. The van der Waals surface area contributed by atoms with Crippen LogP contribution in [-0.4, -0.2) is 12.2 Å². The third-order valence-electron chi connectivity index (χ3n) is 3.33. The highest BCUT2D eigenvalue weighted by Gasteiger charge is 2.12. The number of aliphatic hydroxyl groups excluding tert-OH is 1. The van der Waals surface area contributed by atoms with Crippen molar-refractivity contribution in [3.05, 3.63) is 63.6 Å². The summed E-state index contributed by atoms with van der Waals surface area (Å²) < 4.78 is 6.05. The minimum absolute atomic E-state index is 0.618. The Morgan fingerprint density at radius 1 is 1.10 bits per heavy atom. The average molecular weight is 335 g/mol. The number of aliphatic hydroxyl groups is 1. The third kappa shape index (κ3) is 3.41. The monoisotopic (exact) mass is 334 g/mol. The van der Waals surface area contributed by atoms with Crippen molar-refractivity contribution in [2.45, 2.75) is 25.9 Å². The summed E-state index contributed by atoms with van der Waals surface area (Å²) in [5, 5.41) is 10.4. The molecule has 2 rings (SSSR count). The van der Waals surface area contributed by atoms with Gasteiger partial charge in [0.15, 0.2) is 0 Å². The summed E-state index contributed by atoms with van der Waals surface area (Å²) in [6, 6.07) is 13.8. The first-order valence-corrected chi connectivity index (χ1v) is 7.55. The Morgan fingerprint density at radius 2 is 1.75 bits per heavy atom. The average Bonchev–Trinajstić information content (AvgIpc) is 2.47. The number of hydrogen-bond donors (Lipinski definition) is 1. The molecule has 0 aromatic heterocycles. The molecular weight excluding hydrogens is 316 g/mol. The van der Waals surface area contributed by atoms with Crippen molar-refractivity contribution >= 4 is 15.9 Å². The number of hydrogen-bond acceptors (Lipinski definition) is 2. The zero-order valence-corrected chi connectivity index (χ0v) is 13.4. The number of methoxy groups -OCH3 is 1. The second-order valence-electron chi connectivity index (χ2n) is 4.79. The van der Waals surface area contributed by atoms with Gasteiger partial charge in [0.25, 0.3) is 0 Å². The van der Waals surface area contributed by atoms with Gasteiger partial charge in [-0.3, -0.25) is 0 Å². The van der Waals surface area contributed by atoms with Crippen molar-refractivity contribution in [2.75, 3.05) is 7.11 Å². The summed E-state index contributed by atoms with van der Waals surface area (Å²) in [4.78, 5) is 0. The van der Waals surface area contributed by atoms with Crippen molar-refractivity contribution in [2.24, 2.45) is 0 Å². The standard InChI is InChI=1S/C17H19BrO2/c1-3-4-12-5-7-13(8-6-12)17(19)14-9-10-16(20-2)15(18)11-14/h5-11,17,19H,3-4H2,1-2H3. The van der Waals surface area contributed by atoms with E-state index in [1.54, 1.807) is 7.11 Å². The quantitative estimate of drug-likeness (QED) is 0.872. The molecule has 0 fully saturated rings. The number of ether oxygens (including phenoxy) is 1. The first-order valence-electron chi connectivity index (χ1n) is 6.76. The highest BCUT2D eigenvalue weighted by Crippen LogP contribution is 2.30. The Kier molecular flexibility index (Phi) is 5.21. The van der Waals surface area contributed by atoms with Gasteiger partial charge in [-0.15, -0.1) is 0 Å². The maximum Gasteiger partial charge on any atom is 0.133 e. The molecule has 3 heteroatoms. The fourth-order valence-electron chi connectivity index (χ4n) is 2.20.